The Morgan fingerprint density at radius 2 is 1.74 bits per heavy atom. The van der Waals surface area contributed by atoms with E-state index in [0.717, 1.165) is 41.6 Å². The fourth-order valence-electron chi connectivity index (χ4n) is 7.68. The van der Waals surface area contributed by atoms with Gasteiger partial charge in [-0.15, -0.1) is 0 Å². The number of amides is 1. The Bertz CT molecular complexity index is 1620. The van der Waals surface area contributed by atoms with Crippen molar-refractivity contribution in [2.24, 2.45) is 5.92 Å². The first-order valence-electron chi connectivity index (χ1n) is 15.3. The van der Waals surface area contributed by atoms with Gasteiger partial charge >= 0.3 is 0 Å². The Labute approximate surface area is 251 Å². The molecule has 1 saturated heterocycles. The second kappa shape index (κ2) is 10.6. The molecule has 1 amide bonds. The lowest BCUT2D eigenvalue weighted by molar-refractivity contribution is -0.139. The number of likely N-dealkylation sites (tertiary alicyclic amines) is 1. The fourth-order valence-corrected chi connectivity index (χ4v) is 7.68. The van der Waals surface area contributed by atoms with Crippen LogP contribution < -0.4 is 5.32 Å². The number of hydrogen-bond acceptors (Lipinski definition) is 6. The first-order valence-corrected chi connectivity index (χ1v) is 15.3. The van der Waals surface area contributed by atoms with Gasteiger partial charge in [0.1, 0.15) is 17.6 Å². The number of rotatable bonds is 8. The summed E-state index contributed by atoms with van der Waals surface area (Å²) in [7, 11) is 0. The maximum atomic E-state index is 13.3. The SMILES string of the molecule is O=Cc1ccc(-c2ccc(CCNC(=O)c3ccc4c(c3O)C35CCN(CC6CC6)C(C4)[C@]3(O)C=CC(=O)C5)cc2)cc1. The van der Waals surface area contributed by atoms with Gasteiger partial charge in [-0.2, -0.15) is 0 Å². The van der Waals surface area contributed by atoms with E-state index in [0.29, 0.717) is 42.9 Å². The van der Waals surface area contributed by atoms with Crippen LogP contribution in [0.1, 0.15) is 63.1 Å². The Balaban J connectivity index is 1.09. The van der Waals surface area contributed by atoms with Crippen molar-refractivity contribution in [1.29, 1.82) is 0 Å². The molecule has 220 valence electrons. The lowest BCUT2D eigenvalue weighted by atomic mass is 9.51. The monoisotopic (exact) mass is 576 g/mol. The molecule has 2 unspecified atom stereocenters. The molecule has 3 atom stereocenters. The molecule has 2 bridgehead atoms. The highest BCUT2D eigenvalue weighted by molar-refractivity contribution is 5.98. The van der Waals surface area contributed by atoms with Gasteiger partial charge in [0.15, 0.2) is 5.78 Å². The Morgan fingerprint density at radius 3 is 2.44 bits per heavy atom. The standard InChI is InChI=1S/C36H36N2O5/c39-22-25-5-9-27(10-6-25)26-7-3-23(4-8-26)14-17-37-34(42)30-12-11-28-19-31-36(43)15-13-29(40)20-35(36,32(28)33(30)41)16-18-38(31)21-24-1-2-24/h3-13,15,22,24,31,41,43H,1-2,14,16-21H2,(H,37,42)/t31?,35?,36-/m1/s1. The summed E-state index contributed by atoms with van der Waals surface area (Å²) in [6.07, 6.45) is 8.29. The van der Waals surface area contributed by atoms with Gasteiger partial charge in [-0.3, -0.25) is 19.3 Å². The van der Waals surface area contributed by atoms with Crippen LogP contribution in [-0.4, -0.2) is 64.4 Å². The van der Waals surface area contributed by atoms with Crippen LogP contribution in [0.3, 0.4) is 0 Å². The zero-order valence-electron chi connectivity index (χ0n) is 24.1. The number of aromatic hydroxyl groups is 1. The molecule has 43 heavy (non-hydrogen) atoms. The van der Waals surface area contributed by atoms with Crippen LogP contribution in [0.15, 0.2) is 72.8 Å². The van der Waals surface area contributed by atoms with Gasteiger partial charge < -0.3 is 15.5 Å². The van der Waals surface area contributed by atoms with Crippen LogP contribution in [-0.2, 0) is 23.1 Å². The summed E-state index contributed by atoms with van der Waals surface area (Å²) in [4.78, 5) is 39.4. The third-order valence-electron chi connectivity index (χ3n) is 10.2. The van der Waals surface area contributed by atoms with E-state index in [4.69, 9.17) is 0 Å². The lowest BCUT2D eigenvalue weighted by Crippen LogP contribution is -2.72. The molecule has 1 saturated carbocycles. The van der Waals surface area contributed by atoms with E-state index in [1.165, 1.54) is 18.9 Å². The van der Waals surface area contributed by atoms with E-state index in [1.54, 1.807) is 24.3 Å². The quantitative estimate of drug-likeness (QED) is 0.344. The number of nitrogens with zero attached hydrogens (tertiary/aromatic N) is 1. The predicted molar refractivity (Wildman–Crippen MR) is 163 cm³/mol. The number of benzene rings is 3. The van der Waals surface area contributed by atoms with E-state index >= 15 is 0 Å². The lowest BCUT2D eigenvalue weighted by Gasteiger charge is -2.61. The molecule has 0 spiro atoms. The molecule has 0 radical (unpaired) electrons. The molecular formula is C36H36N2O5. The maximum Gasteiger partial charge on any atom is 0.255 e. The average molecular weight is 577 g/mol. The third kappa shape index (κ3) is 4.71. The van der Waals surface area contributed by atoms with E-state index in [9.17, 15) is 24.6 Å². The first-order chi connectivity index (χ1) is 20.8. The minimum absolute atomic E-state index is 0.0647. The molecule has 7 rings (SSSR count). The number of phenolic OH excluding ortho intramolecular Hbond substituents is 1. The molecule has 7 heteroatoms. The summed E-state index contributed by atoms with van der Waals surface area (Å²) in [5.74, 6) is 0.115. The topological polar surface area (TPSA) is 107 Å². The molecule has 2 fully saturated rings. The van der Waals surface area contributed by atoms with Gasteiger partial charge in [0.25, 0.3) is 5.91 Å². The van der Waals surface area contributed by atoms with Gasteiger partial charge in [0, 0.05) is 42.1 Å². The van der Waals surface area contributed by atoms with E-state index in [2.05, 4.69) is 10.2 Å². The highest BCUT2D eigenvalue weighted by atomic mass is 16.3. The fraction of sp³-hybridized carbons (Fsp3) is 0.361. The smallest absolute Gasteiger partial charge is 0.255 e. The third-order valence-corrected chi connectivity index (χ3v) is 10.2. The van der Waals surface area contributed by atoms with Crippen LogP contribution in [0.2, 0.25) is 0 Å². The number of aliphatic hydroxyl groups is 1. The normalized spacial score (nSPS) is 26.0. The van der Waals surface area contributed by atoms with Crippen molar-refractivity contribution in [3.63, 3.8) is 0 Å². The summed E-state index contributed by atoms with van der Waals surface area (Å²) in [6.45, 7) is 2.09. The molecule has 3 aromatic carbocycles. The van der Waals surface area contributed by atoms with Crippen LogP contribution >= 0.6 is 0 Å². The average Bonchev–Trinajstić information content (AvgIpc) is 3.83. The highest BCUT2D eigenvalue weighted by Crippen LogP contribution is 2.58. The number of hydrogen-bond donors (Lipinski definition) is 3. The number of fused-ring (bicyclic) bond motifs is 1. The molecule has 3 N–H and O–H groups in total. The Kier molecular flexibility index (Phi) is 6.83. The van der Waals surface area contributed by atoms with Gasteiger partial charge in [-0.05, 0) is 85.0 Å². The molecule has 3 aliphatic carbocycles. The first kappa shape index (κ1) is 27.7. The molecule has 4 aliphatic rings. The van der Waals surface area contributed by atoms with Crippen LogP contribution in [0, 0.1) is 5.92 Å². The van der Waals surface area contributed by atoms with Crippen molar-refractivity contribution in [2.75, 3.05) is 19.6 Å². The summed E-state index contributed by atoms with van der Waals surface area (Å²) in [5.41, 5.74) is 3.18. The van der Waals surface area contributed by atoms with Crippen LogP contribution in [0.4, 0.5) is 0 Å². The summed E-state index contributed by atoms with van der Waals surface area (Å²) in [6, 6.07) is 18.9. The zero-order valence-corrected chi connectivity index (χ0v) is 24.1. The van der Waals surface area contributed by atoms with Crippen LogP contribution in [0.5, 0.6) is 5.75 Å². The van der Waals surface area contributed by atoms with Gasteiger partial charge in [-0.1, -0.05) is 54.6 Å². The van der Waals surface area contributed by atoms with Crippen molar-refractivity contribution in [3.05, 3.63) is 101 Å². The zero-order chi connectivity index (χ0) is 29.8. The van der Waals surface area contributed by atoms with Gasteiger partial charge in [0.2, 0.25) is 0 Å². The number of carbonyl (C=O) groups is 3. The number of aldehydes is 1. The predicted octanol–water partition coefficient (Wildman–Crippen LogP) is 4.38. The Morgan fingerprint density at radius 1 is 1.02 bits per heavy atom. The number of phenols is 1. The Hall–Kier alpha value is -4.07. The minimum Gasteiger partial charge on any atom is -0.507 e. The van der Waals surface area contributed by atoms with E-state index in [1.807, 2.05) is 42.5 Å². The number of allylic oxidation sites excluding steroid dienone is 1. The van der Waals surface area contributed by atoms with Crippen molar-refractivity contribution in [2.45, 2.75) is 55.6 Å². The van der Waals surface area contributed by atoms with Crippen molar-refractivity contribution in [3.8, 4) is 16.9 Å². The van der Waals surface area contributed by atoms with Crippen molar-refractivity contribution < 1.29 is 24.6 Å². The number of carbonyl (C=O) groups excluding carboxylic acids is 3. The highest BCUT2D eigenvalue weighted by Gasteiger charge is 2.64. The van der Waals surface area contributed by atoms with Crippen molar-refractivity contribution >= 4 is 18.0 Å². The number of piperidine rings is 1. The van der Waals surface area contributed by atoms with Crippen LogP contribution in [0.25, 0.3) is 11.1 Å². The maximum absolute atomic E-state index is 13.3. The second-order valence-corrected chi connectivity index (χ2v) is 12.7. The van der Waals surface area contributed by atoms with E-state index in [-0.39, 0.29) is 35.5 Å². The number of nitrogens with one attached hydrogen (secondary N) is 1. The largest absolute Gasteiger partial charge is 0.507 e. The molecule has 7 nitrogen and oxygen atoms in total. The molecule has 3 aromatic rings. The minimum atomic E-state index is -1.28. The number of ketones is 1. The van der Waals surface area contributed by atoms with Gasteiger partial charge in [0.05, 0.1) is 5.56 Å². The molecular weight excluding hydrogens is 540 g/mol. The summed E-state index contributed by atoms with van der Waals surface area (Å²) in [5, 5.41) is 26.8. The summed E-state index contributed by atoms with van der Waals surface area (Å²) >= 11 is 0. The van der Waals surface area contributed by atoms with Crippen molar-refractivity contribution in [1.82, 2.24) is 10.2 Å². The molecule has 1 heterocycles. The van der Waals surface area contributed by atoms with Gasteiger partial charge in [-0.25, -0.2) is 0 Å². The molecule has 0 aromatic heterocycles. The summed E-state index contributed by atoms with van der Waals surface area (Å²) < 4.78 is 0. The molecule has 1 aliphatic heterocycles. The second-order valence-electron chi connectivity index (χ2n) is 12.7. The van der Waals surface area contributed by atoms with E-state index < -0.39 is 11.0 Å².